The highest BCUT2D eigenvalue weighted by Crippen LogP contribution is 2.12. The topological polar surface area (TPSA) is 58.2 Å². The summed E-state index contributed by atoms with van der Waals surface area (Å²) in [5, 5.41) is 3.16. The van der Waals surface area contributed by atoms with Gasteiger partial charge in [0, 0.05) is 12.6 Å². The van der Waals surface area contributed by atoms with Crippen LogP contribution in [-0.2, 0) is 16.6 Å². The van der Waals surface area contributed by atoms with Crippen LogP contribution in [0.5, 0.6) is 0 Å². The number of benzene rings is 1. The average Bonchev–Trinajstić information content (AvgIpc) is 2.34. The van der Waals surface area contributed by atoms with Crippen LogP contribution in [0, 0.1) is 0 Å². The molecule has 0 aliphatic rings. The molecule has 0 aromatic heterocycles. The number of nitrogens with one attached hydrogen (secondary N) is 2. The predicted molar refractivity (Wildman–Crippen MR) is 69.6 cm³/mol. The molecule has 0 saturated carbocycles. The van der Waals surface area contributed by atoms with Crippen molar-refractivity contribution in [3.05, 3.63) is 29.8 Å². The van der Waals surface area contributed by atoms with Crippen molar-refractivity contribution in [3.8, 4) is 0 Å². The van der Waals surface area contributed by atoms with Gasteiger partial charge >= 0.3 is 0 Å². The number of rotatable bonds is 7. The Bertz CT molecular complexity index is 504. The molecule has 0 heterocycles. The lowest BCUT2D eigenvalue weighted by molar-refractivity contribution is 0.153. The van der Waals surface area contributed by atoms with Crippen LogP contribution < -0.4 is 10.0 Å². The molecule has 4 nitrogen and oxygen atoms in total. The van der Waals surface area contributed by atoms with E-state index in [9.17, 15) is 17.2 Å². The molecular formula is C12H18F2N2O2S. The van der Waals surface area contributed by atoms with Gasteiger partial charge in [-0.25, -0.2) is 21.9 Å². The average molecular weight is 292 g/mol. The molecule has 7 heteroatoms. The summed E-state index contributed by atoms with van der Waals surface area (Å²) in [5.41, 5.74) is 0.786. The first-order valence-electron chi connectivity index (χ1n) is 5.91. The molecule has 0 amide bonds. The van der Waals surface area contributed by atoms with E-state index in [0.717, 1.165) is 5.56 Å². The predicted octanol–water partition coefficient (Wildman–Crippen LogP) is 1.73. The summed E-state index contributed by atoms with van der Waals surface area (Å²) in [5.74, 6) is 0. The molecule has 2 N–H and O–H groups in total. The minimum absolute atomic E-state index is 0.00351. The minimum Gasteiger partial charge on any atom is -0.310 e. The van der Waals surface area contributed by atoms with E-state index in [1.165, 1.54) is 12.1 Å². The largest absolute Gasteiger partial charge is 0.310 e. The Morgan fingerprint density at radius 2 is 1.95 bits per heavy atom. The maximum atomic E-state index is 12.0. The molecule has 0 aliphatic carbocycles. The highest BCUT2D eigenvalue weighted by Gasteiger charge is 2.16. The fraction of sp³-hybridized carbons (Fsp3) is 0.500. The van der Waals surface area contributed by atoms with E-state index < -0.39 is 23.0 Å². The molecule has 0 saturated heterocycles. The van der Waals surface area contributed by atoms with Crippen LogP contribution in [-0.4, -0.2) is 27.4 Å². The third kappa shape index (κ3) is 5.63. The Morgan fingerprint density at radius 3 is 2.53 bits per heavy atom. The lowest BCUT2D eigenvalue weighted by Gasteiger charge is -2.10. The van der Waals surface area contributed by atoms with Gasteiger partial charge in [0.25, 0.3) is 6.43 Å². The smallest absolute Gasteiger partial charge is 0.251 e. The Morgan fingerprint density at radius 1 is 1.26 bits per heavy atom. The van der Waals surface area contributed by atoms with E-state index >= 15 is 0 Å². The highest BCUT2D eigenvalue weighted by atomic mass is 32.2. The first-order valence-corrected chi connectivity index (χ1v) is 7.39. The second-order valence-corrected chi connectivity index (χ2v) is 6.19. The summed E-state index contributed by atoms with van der Waals surface area (Å²) in [6, 6.07) is 6.50. The molecule has 0 atom stereocenters. The molecule has 0 aliphatic heterocycles. The molecule has 1 aromatic carbocycles. The van der Waals surface area contributed by atoms with Gasteiger partial charge in [0.15, 0.2) is 0 Å². The molecule has 0 radical (unpaired) electrons. The minimum atomic E-state index is -3.87. The van der Waals surface area contributed by atoms with Gasteiger partial charge in [-0.15, -0.1) is 0 Å². The molecule has 1 aromatic rings. The third-order valence-corrected chi connectivity index (χ3v) is 3.77. The Labute approximate surface area is 112 Å². The Hall–Kier alpha value is -1.05. The molecule has 108 valence electrons. The van der Waals surface area contributed by atoms with Gasteiger partial charge in [-0.1, -0.05) is 26.0 Å². The monoisotopic (exact) mass is 292 g/mol. The van der Waals surface area contributed by atoms with Gasteiger partial charge in [-0.3, -0.25) is 0 Å². The summed E-state index contributed by atoms with van der Waals surface area (Å²) >= 11 is 0. The van der Waals surface area contributed by atoms with Gasteiger partial charge in [-0.2, -0.15) is 0 Å². The number of halogens is 2. The second kappa shape index (κ2) is 6.93. The van der Waals surface area contributed by atoms with Crippen LogP contribution in [0.1, 0.15) is 19.4 Å². The van der Waals surface area contributed by atoms with Crippen molar-refractivity contribution in [2.24, 2.45) is 0 Å². The second-order valence-electron chi connectivity index (χ2n) is 4.43. The summed E-state index contributed by atoms with van der Waals surface area (Å²) in [7, 11) is -3.87. The standard InChI is InChI=1S/C12H18F2N2O2S/c1-9(2)15-7-10-4-3-5-11(6-10)19(17,18)16-8-12(13)14/h3-6,9,12,15-16H,7-8H2,1-2H3. The van der Waals surface area contributed by atoms with E-state index in [1.807, 2.05) is 18.6 Å². The van der Waals surface area contributed by atoms with Crippen LogP contribution >= 0.6 is 0 Å². The highest BCUT2D eigenvalue weighted by molar-refractivity contribution is 7.89. The van der Waals surface area contributed by atoms with E-state index in [0.29, 0.717) is 6.54 Å². The Balaban J connectivity index is 2.80. The normalized spacial score (nSPS) is 12.3. The molecular weight excluding hydrogens is 274 g/mol. The van der Waals surface area contributed by atoms with Crippen LogP contribution in [0.2, 0.25) is 0 Å². The number of sulfonamides is 1. The Kier molecular flexibility index (Phi) is 5.84. The zero-order valence-corrected chi connectivity index (χ0v) is 11.7. The van der Waals surface area contributed by atoms with Crippen molar-refractivity contribution >= 4 is 10.0 Å². The quantitative estimate of drug-likeness (QED) is 0.804. The third-order valence-electron chi connectivity index (χ3n) is 2.35. The van der Waals surface area contributed by atoms with Crippen LogP contribution in [0.15, 0.2) is 29.2 Å². The molecule has 0 fully saturated rings. The molecule has 0 bridgehead atoms. The summed E-state index contributed by atoms with van der Waals surface area (Å²) < 4.78 is 49.5. The summed E-state index contributed by atoms with van der Waals surface area (Å²) in [4.78, 5) is -0.00351. The number of alkyl halides is 2. The fourth-order valence-corrected chi connectivity index (χ4v) is 2.48. The summed E-state index contributed by atoms with van der Waals surface area (Å²) in [6.07, 6.45) is -2.71. The lowest BCUT2D eigenvalue weighted by Crippen LogP contribution is -2.29. The lowest BCUT2D eigenvalue weighted by atomic mass is 10.2. The fourth-order valence-electron chi connectivity index (χ4n) is 1.40. The number of hydrogen-bond donors (Lipinski definition) is 2. The molecule has 19 heavy (non-hydrogen) atoms. The van der Waals surface area contributed by atoms with Crippen molar-refractivity contribution in [2.75, 3.05) is 6.54 Å². The first kappa shape index (κ1) is 16.0. The van der Waals surface area contributed by atoms with Gasteiger partial charge in [0.05, 0.1) is 11.4 Å². The maximum Gasteiger partial charge on any atom is 0.251 e. The van der Waals surface area contributed by atoms with Crippen LogP contribution in [0.3, 0.4) is 0 Å². The van der Waals surface area contributed by atoms with Crippen molar-refractivity contribution in [1.82, 2.24) is 10.0 Å². The van der Waals surface area contributed by atoms with Crippen LogP contribution in [0.25, 0.3) is 0 Å². The molecule has 1 rings (SSSR count). The van der Waals surface area contributed by atoms with E-state index in [2.05, 4.69) is 5.32 Å². The maximum absolute atomic E-state index is 12.0. The van der Waals surface area contributed by atoms with Crippen molar-refractivity contribution < 1.29 is 17.2 Å². The van der Waals surface area contributed by atoms with Gasteiger partial charge < -0.3 is 5.32 Å². The van der Waals surface area contributed by atoms with Crippen LogP contribution in [0.4, 0.5) is 8.78 Å². The van der Waals surface area contributed by atoms with E-state index in [1.54, 1.807) is 12.1 Å². The van der Waals surface area contributed by atoms with E-state index in [4.69, 9.17) is 0 Å². The van der Waals surface area contributed by atoms with Gasteiger partial charge in [0.2, 0.25) is 10.0 Å². The van der Waals surface area contributed by atoms with Gasteiger partial charge in [0.1, 0.15) is 0 Å². The summed E-state index contributed by atoms with van der Waals surface area (Å²) in [6.45, 7) is 3.60. The van der Waals surface area contributed by atoms with Crippen molar-refractivity contribution in [3.63, 3.8) is 0 Å². The van der Waals surface area contributed by atoms with E-state index in [-0.39, 0.29) is 10.9 Å². The van der Waals surface area contributed by atoms with Gasteiger partial charge in [-0.05, 0) is 17.7 Å². The first-order chi connectivity index (χ1) is 8.81. The zero-order valence-electron chi connectivity index (χ0n) is 10.9. The number of hydrogen-bond acceptors (Lipinski definition) is 3. The molecule has 0 spiro atoms. The van der Waals surface area contributed by atoms with Crippen molar-refractivity contribution in [2.45, 2.75) is 37.8 Å². The zero-order chi connectivity index (χ0) is 14.5. The molecule has 0 unspecified atom stereocenters. The SMILES string of the molecule is CC(C)NCc1cccc(S(=O)(=O)NCC(F)F)c1. The van der Waals surface area contributed by atoms with Crippen molar-refractivity contribution in [1.29, 1.82) is 0 Å².